The van der Waals surface area contributed by atoms with Gasteiger partial charge in [-0.2, -0.15) is 0 Å². The summed E-state index contributed by atoms with van der Waals surface area (Å²) in [7, 11) is 0. The van der Waals surface area contributed by atoms with E-state index >= 15 is 0 Å². The average molecular weight is 188 g/mol. The summed E-state index contributed by atoms with van der Waals surface area (Å²) in [5.41, 5.74) is 0. The highest BCUT2D eigenvalue weighted by atomic mass is 35.5. The van der Waals surface area contributed by atoms with Gasteiger partial charge in [-0.25, -0.2) is 9.97 Å². The second-order valence-corrected chi connectivity index (χ2v) is 2.86. The first-order valence-corrected chi connectivity index (χ1v) is 3.95. The van der Waals surface area contributed by atoms with Crippen LogP contribution >= 0.6 is 11.6 Å². The monoisotopic (exact) mass is 187 g/mol. The van der Waals surface area contributed by atoms with Gasteiger partial charge in [0.05, 0.1) is 12.3 Å². The van der Waals surface area contributed by atoms with Crippen LogP contribution in [0.5, 0.6) is 0 Å². The lowest BCUT2D eigenvalue weighted by molar-refractivity contribution is 0.208. The topological polar surface area (TPSA) is 58.0 Å². The van der Waals surface area contributed by atoms with Gasteiger partial charge in [-0.3, -0.25) is 0 Å². The molecule has 0 saturated heterocycles. The van der Waals surface area contributed by atoms with Gasteiger partial charge >= 0.3 is 0 Å². The van der Waals surface area contributed by atoms with Crippen LogP contribution in [0.4, 0.5) is 5.82 Å². The van der Waals surface area contributed by atoms with Crippen molar-refractivity contribution in [2.75, 3.05) is 11.9 Å². The largest absolute Gasteiger partial charge is 0.392 e. The van der Waals surface area contributed by atoms with E-state index in [-0.39, 0.29) is 0 Å². The Morgan fingerprint density at radius 2 is 2.50 bits per heavy atom. The molecule has 1 heterocycles. The molecule has 0 amide bonds. The predicted molar refractivity (Wildman–Crippen MR) is 47.2 cm³/mol. The van der Waals surface area contributed by atoms with Gasteiger partial charge in [-0.05, 0) is 6.92 Å². The van der Waals surface area contributed by atoms with Crippen molar-refractivity contribution in [3.05, 3.63) is 17.5 Å². The fourth-order valence-electron chi connectivity index (χ4n) is 0.687. The molecule has 0 spiro atoms. The zero-order valence-corrected chi connectivity index (χ0v) is 7.41. The Hall–Kier alpha value is -0.870. The first-order valence-electron chi connectivity index (χ1n) is 3.57. The van der Waals surface area contributed by atoms with Crippen molar-refractivity contribution in [3.63, 3.8) is 0 Å². The Labute approximate surface area is 75.6 Å². The number of nitrogens with one attached hydrogen (secondary N) is 1. The lowest BCUT2D eigenvalue weighted by Gasteiger charge is -2.07. The molecule has 1 aromatic rings. The van der Waals surface area contributed by atoms with Gasteiger partial charge in [-0.1, -0.05) is 11.6 Å². The number of aliphatic hydroxyl groups is 1. The first-order chi connectivity index (χ1) is 5.70. The smallest absolute Gasteiger partial charge is 0.148 e. The maximum Gasteiger partial charge on any atom is 0.148 e. The molecule has 0 saturated carbocycles. The summed E-state index contributed by atoms with van der Waals surface area (Å²) < 4.78 is 0. The van der Waals surface area contributed by atoms with E-state index in [1.165, 1.54) is 12.5 Å². The van der Waals surface area contributed by atoms with Crippen molar-refractivity contribution in [1.29, 1.82) is 0 Å². The van der Waals surface area contributed by atoms with Crippen LogP contribution in [0.25, 0.3) is 0 Å². The lowest BCUT2D eigenvalue weighted by Crippen LogP contribution is -2.16. The lowest BCUT2D eigenvalue weighted by atomic mass is 10.4. The zero-order valence-electron chi connectivity index (χ0n) is 6.66. The third-order valence-corrected chi connectivity index (χ3v) is 1.51. The number of anilines is 1. The van der Waals surface area contributed by atoms with Crippen LogP contribution in [-0.2, 0) is 0 Å². The molecule has 4 nitrogen and oxygen atoms in total. The van der Waals surface area contributed by atoms with E-state index in [0.29, 0.717) is 17.4 Å². The second kappa shape index (κ2) is 4.23. The Morgan fingerprint density at radius 1 is 1.75 bits per heavy atom. The van der Waals surface area contributed by atoms with Gasteiger partial charge in [0.1, 0.15) is 17.2 Å². The highest BCUT2D eigenvalue weighted by molar-refractivity contribution is 6.32. The van der Waals surface area contributed by atoms with Gasteiger partial charge in [0.15, 0.2) is 0 Å². The number of aromatic nitrogens is 2. The summed E-state index contributed by atoms with van der Waals surface area (Å²) in [5.74, 6) is 0.549. The standard InChI is InChI=1S/C7H10ClN3O/c1-5(12)2-10-7-6(8)3-9-4-11-7/h3-5,12H,2H2,1H3,(H,9,10,11)/t5-/m0/s1. The summed E-state index contributed by atoms with van der Waals surface area (Å²) >= 11 is 5.74. The molecule has 1 aromatic heterocycles. The Morgan fingerprint density at radius 3 is 3.08 bits per heavy atom. The molecule has 0 aliphatic heterocycles. The third-order valence-electron chi connectivity index (χ3n) is 1.23. The number of hydrogen-bond donors (Lipinski definition) is 2. The van der Waals surface area contributed by atoms with E-state index in [0.717, 1.165) is 0 Å². The Kier molecular flexibility index (Phi) is 3.25. The van der Waals surface area contributed by atoms with Crippen molar-refractivity contribution < 1.29 is 5.11 Å². The summed E-state index contributed by atoms with van der Waals surface area (Å²) in [6, 6.07) is 0. The Balaban J connectivity index is 2.57. The van der Waals surface area contributed by atoms with Crippen molar-refractivity contribution in [2.24, 2.45) is 0 Å². The van der Waals surface area contributed by atoms with Crippen LogP contribution in [0.15, 0.2) is 12.5 Å². The molecule has 0 aliphatic carbocycles. The van der Waals surface area contributed by atoms with Crippen LogP contribution in [0, 0.1) is 0 Å². The van der Waals surface area contributed by atoms with Gasteiger partial charge < -0.3 is 10.4 Å². The zero-order chi connectivity index (χ0) is 8.97. The van der Waals surface area contributed by atoms with E-state index in [1.54, 1.807) is 6.92 Å². The van der Waals surface area contributed by atoms with Crippen molar-refractivity contribution >= 4 is 17.4 Å². The molecular formula is C7H10ClN3O. The number of hydrogen-bond acceptors (Lipinski definition) is 4. The molecule has 2 N–H and O–H groups in total. The molecule has 0 unspecified atom stereocenters. The highest BCUT2D eigenvalue weighted by Crippen LogP contribution is 2.15. The van der Waals surface area contributed by atoms with E-state index in [9.17, 15) is 0 Å². The predicted octanol–water partition coefficient (Wildman–Crippen LogP) is 0.923. The maximum absolute atomic E-state index is 8.96. The minimum Gasteiger partial charge on any atom is -0.392 e. The maximum atomic E-state index is 8.96. The van der Waals surface area contributed by atoms with Crippen LogP contribution in [0.1, 0.15) is 6.92 Å². The molecule has 0 aliphatic rings. The highest BCUT2D eigenvalue weighted by Gasteiger charge is 2.01. The van der Waals surface area contributed by atoms with Gasteiger partial charge in [0.25, 0.3) is 0 Å². The molecule has 0 radical (unpaired) electrons. The molecule has 0 aromatic carbocycles. The molecule has 1 atom stereocenters. The van der Waals surface area contributed by atoms with Gasteiger partial charge in [-0.15, -0.1) is 0 Å². The van der Waals surface area contributed by atoms with E-state index in [2.05, 4.69) is 15.3 Å². The number of aliphatic hydroxyl groups excluding tert-OH is 1. The summed E-state index contributed by atoms with van der Waals surface area (Å²) in [5, 5.41) is 12.3. The molecule has 66 valence electrons. The average Bonchev–Trinajstić information content (AvgIpc) is 2.03. The van der Waals surface area contributed by atoms with Crippen LogP contribution in [0.3, 0.4) is 0 Å². The SMILES string of the molecule is C[C@H](O)CNc1ncncc1Cl. The molecule has 12 heavy (non-hydrogen) atoms. The van der Waals surface area contributed by atoms with Crippen molar-refractivity contribution in [3.8, 4) is 0 Å². The minimum absolute atomic E-state index is 0.420. The fraction of sp³-hybridized carbons (Fsp3) is 0.429. The van der Waals surface area contributed by atoms with Gasteiger partial charge in [0.2, 0.25) is 0 Å². The minimum atomic E-state index is -0.420. The third kappa shape index (κ3) is 2.64. The second-order valence-electron chi connectivity index (χ2n) is 2.45. The van der Waals surface area contributed by atoms with Crippen molar-refractivity contribution in [2.45, 2.75) is 13.0 Å². The van der Waals surface area contributed by atoms with Gasteiger partial charge in [0, 0.05) is 6.54 Å². The quantitative estimate of drug-likeness (QED) is 0.739. The van der Waals surface area contributed by atoms with E-state index in [1.807, 2.05) is 0 Å². The van der Waals surface area contributed by atoms with Crippen molar-refractivity contribution in [1.82, 2.24) is 9.97 Å². The molecule has 1 rings (SSSR count). The first kappa shape index (κ1) is 9.22. The molecular weight excluding hydrogens is 178 g/mol. The molecule has 0 fully saturated rings. The number of halogens is 1. The summed E-state index contributed by atoms with van der Waals surface area (Å²) in [4.78, 5) is 7.61. The van der Waals surface area contributed by atoms with E-state index < -0.39 is 6.10 Å². The van der Waals surface area contributed by atoms with Crippen LogP contribution in [-0.4, -0.2) is 27.7 Å². The normalized spacial score (nSPS) is 12.6. The van der Waals surface area contributed by atoms with E-state index in [4.69, 9.17) is 16.7 Å². The summed E-state index contributed by atoms with van der Waals surface area (Å²) in [6.07, 6.45) is 2.48. The number of nitrogens with zero attached hydrogens (tertiary/aromatic N) is 2. The number of rotatable bonds is 3. The van der Waals surface area contributed by atoms with Crippen LogP contribution < -0.4 is 5.32 Å². The fourth-order valence-corrected chi connectivity index (χ4v) is 0.859. The van der Waals surface area contributed by atoms with Crippen LogP contribution in [0.2, 0.25) is 5.02 Å². The molecule has 5 heteroatoms. The molecule has 0 bridgehead atoms. The summed E-state index contributed by atoms with van der Waals surface area (Å²) in [6.45, 7) is 2.11. The Bertz CT molecular complexity index is 254.